The summed E-state index contributed by atoms with van der Waals surface area (Å²) in [5, 5.41) is 0. The Bertz CT molecular complexity index is 314. The summed E-state index contributed by atoms with van der Waals surface area (Å²) < 4.78 is 5.42. The van der Waals surface area contributed by atoms with Crippen LogP contribution < -0.4 is 10.5 Å². The van der Waals surface area contributed by atoms with E-state index in [0.717, 1.165) is 10.0 Å². The van der Waals surface area contributed by atoms with Gasteiger partial charge in [-0.15, -0.1) is 0 Å². The molecule has 64 valence electrons. The molecule has 12 heavy (non-hydrogen) atoms. The van der Waals surface area contributed by atoms with E-state index in [9.17, 15) is 4.79 Å². The first-order valence-electron chi connectivity index (χ1n) is 3.19. The van der Waals surface area contributed by atoms with Gasteiger partial charge in [-0.2, -0.15) is 0 Å². The van der Waals surface area contributed by atoms with Gasteiger partial charge < -0.3 is 10.5 Å². The molecule has 0 saturated carbocycles. The molecule has 1 amide bonds. The molecule has 0 bridgehead atoms. The van der Waals surface area contributed by atoms with E-state index in [2.05, 4.69) is 25.7 Å². The maximum Gasteiger partial charge on any atom is 0.411 e. The molecule has 0 aromatic carbocycles. The third kappa shape index (κ3) is 2.20. The Balaban J connectivity index is 2.89. The number of aromatic nitrogens is 1. The van der Waals surface area contributed by atoms with Crippen molar-refractivity contribution in [3.8, 4) is 5.88 Å². The average Bonchev–Trinajstić information content (AvgIpc) is 1.96. The third-order valence-electron chi connectivity index (χ3n) is 1.23. The van der Waals surface area contributed by atoms with Crippen LogP contribution in [0.1, 0.15) is 5.56 Å². The Labute approximate surface area is 77.9 Å². The normalized spacial score (nSPS) is 9.50. The quantitative estimate of drug-likeness (QED) is 0.798. The summed E-state index contributed by atoms with van der Waals surface area (Å²) in [5.41, 5.74) is 5.73. The van der Waals surface area contributed by atoms with Crippen LogP contribution in [0.25, 0.3) is 0 Å². The maximum atomic E-state index is 10.3. The fourth-order valence-electron chi connectivity index (χ4n) is 0.672. The van der Waals surface area contributed by atoms with Gasteiger partial charge in [0.2, 0.25) is 5.88 Å². The number of rotatable bonds is 1. The number of hydrogen-bond acceptors (Lipinski definition) is 3. The van der Waals surface area contributed by atoms with Gasteiger partial charge in [-0.3, -0.25) is 0 Å². The Hall–Kier alpha value is -1.10. The number of pyridine rings is 1. The van der Waals surface area contributed by atoms with E-state index in [4.69, 9.17) is 5.73 Å². The first kappa shape index (κ1) is 8.99. The molecule has 1 aromatic rings. The Morgan fingerprint density at radius 1 is 1.75 bits per heavy atom. The maximum absolute atomic E-state index is 10.3. The van der Waals surface area contributed by atoms with Gasteiger partial charge in [0.1, 0.15) is 0 Å². The van der Waals surface area contributed by atoms with Crippen LogP contribution in [-0.4, -0.2) is 11.1 Å². The highest BCUT2D eigenvalue weighted by atomic mass is 79.9. The van der Waals surface area contributed by atoms with Gasteiger partial charge in [0, 0.05) is 16.7 Å². The minimum atomic E-state index is -0.857. The van der Waals surface area contributed by atoms with E-state index in [1.54, 1.807) is 12.3 Å². The molecular formula is C7H7BrN2O2. The predicted octanol–water partition coefficient (Wildman–Crippen LogP) is 1.61. The second-order valence-electron chi connectivity index (χ2n) is 2.19. The van der Waals surface area contributed by atoms with Crippen molar-refractivity contribution >= 4 is 22.0 Å². The smallest absolute Gasteiger partial charge is 0.391 e. The van der Waals surface area contributed by atoms with Crippen molar-refractivity contribution in [1.82, 2.24) is 4.98 Å². The Morgan fingerprint density at radius 3 is 2.92 bits per heavy atom. The number of hydrogen-bond donors (Lipinski definition) is 1. The molecule has 0 unspecified atom stereocenters. The van der Waals surface area contributed by atoms with Gasteiger partial charge in [0.05, 0.1) is 0 Å². The second kappa shape index (κ2) is 3.53. The molecule has 0 aliphatic rings. The standard InChI is InChI=1S/C7H7BrN2O2/c1-4-2-6(12-7(9)11)10-3-5(4)8/h2-3H,1H3,(H2,9,11). The molecule has 4 nitrogen and oxygen atoms in total. The van der Waals surface area contributed by atoms with E-state index in [0.29, 0.717) is 0 Å². The van der Waals surface area contributed by atoms with Crippen molar-refractivity contribution in [2.75, 3.05) is 0 Å². The largest absolute Gasteiger partial charge is 0.411 e. The van der Waals surface area contributed by atoms with Crippen LogP contribution in [0.15, 0.2) is 16.7 Å². The number of halogens is 1. The molecule has 0 spiro atoms. The zero-order valence-electron chi connectivity index (χ0n) is 6.37. The molecule has 0 atom stereocenters. The number of nitrogens with two attached hydrogens (primary N) is 1. The van der Waals surface area contributed by atoms with Gasteiger partial charge in [0.15, 0.2) is 0 Å². The SMILES string of the molecule is Cc1cc(OC(N)=O)ncc1Br. The summed E-state index contributed by atoms with van der Waals surface area (Å²) >= 11 is 3.26. The summed E-state index contributed by atoms with van der Waals surface area (Å²) in [7, 11) is 0. The van der Waals surface area contributed by atoms with E-state index >= 15 is 0 Å². The molecule has 1 rings (SSSR count). The first-order chi connectivity index (χ1) is 5.59. The molecule has 0 aliphatic carbocycles. The lowest BCUT2D eigenvalue weighted by molar-refractivity contribution is 0.209. The average molecular weight is 231 g/mol. The van der Waals surface area contributed by atoms with Crippen molar-refractivity contribution < 1.29 is 9.53 Å². The summed E-state index contributed by atoms with van der Waals surface area (Å²) in [6, 6.07) is 1.62. The van der Waals surface area contributed by atoms with Gasteiger partial charge in [-0.25, -0.2) is 9.78 Å². The highest BCUT2D eigenvalue weighted by molar-refractivity contribution is 9.10. The lowest BCUT2D eigenvalue weighted by Gasteiger charge is -2.01. The van der Waals surface area contributed by atoms with E-state index < -0.39 is 6.09 Å². The van der Waals surface area contributed by atoms with Crippen LogP contribution in [0.4, 0.5) is 4.79 Å². The first-order valence-corrected chi connectivity index (χ1v) is 3.98. The van der Waals surface area contributed by atoms with Crippen LogP contribution in [0.3, 0.4) is 0 Å². The van der Waals surface area contributed by atoms with Gasteiger partial charge >= 0.3 is 6.09 Å². The molecular weight excluding hydrogens is 224 g/mol. The highest BCUT2D eigenvalue weighted by Crippen LogP contribution is 2.18. The fourth-order valence-corrected chi connectivity index (χ4v) is 0.889. The van der Waals surface area contributed by atoms with Crippen LogP contribution in [-0.2, 0) is 0 Å². The number of carbonyl (C=O) groups is 1. The number of ether oxygens (including phenoxy) is 1. The van der Waals surface area contributed by atoms with Crippen LogP contribution in [0, 0.1) is 6.92 Å². The lowest BCUT2D eigenvalue weighted by Crippen LogP contribution is -2.16. The van der Waals surface area contributed by atoms with Crippen molar-refractivity contribution in [3.05, 3.63) is 22.3 Å². The minimum absolute atomic E-state index is 0.211. The van der Waals surface area contributed by atoms with Crippen molar-refractivity contribution in [2.45, 2.75) is 6.92 Å². The monoisotopic (exact) mass is 230 g/mol. The molecule has 0 aliphatic heterocycles. The Kier molecular flexibility index (Phi) is 2.65. The Morgan fingerprint density at radius 2 is 2.42 bits per heavy atom. The van der Waals surface area contributed by atoms with Gasteiger partial charge in [-0.1, -0.05) is 0 Å². The molecule has 1 aromatic heterocycles. The third-order valence-corrected chi connectivity index (χ3v) is 2.06. The van der Waals surface area contributed by atoms with Gasteiger partial charge in [-0.05, 0) is 28.4 Å². The lowest BCUT2D eigenvalue weighted by atomic mass is 10.3. The van der Waals surface area contributed by atoms with Crippen molar-refractivity contribution in [1.29, 1.82) is 0 Å². The predicted molar refractivity (Wildman–Crippen MR) is 46.9 cm³/mol. The molecule has 2 N–H and O–H groups in total. The number of primary amides is 1. The molecule has 5 heteroatoms. The summed E-state index contributed by atoms with van der Waals surface area (Å²) in [6.07, 6.45) is 0.692. The summed E-state index contributed by atoms with van der Waals surface area (Å²) in [6.45, 7) is 1.86. The van der Waals surface area contributed by atoms with Gasteiger partial charge in [0.25, 0.3) is 0 Å². The minimum Gasteiger partial charge on any atom is -0.391 e. The number of nitrogens with zero attached hydrogens (tertiary/aromatic N) is 1. The molecule has 0 saturated heterocycles. The summed E-state index contributed by atoms with van der Waals surface area (Å²) in [4.78, 5) is 14.1. The number of carbonyl (C=O) groups excluding carboxylic acids is 1. The topological polar surface area (TPSA) is 65.2 Å². The summed E-state index contributed by atoms with van der Waals surface area (Å²) in [5.74, 6) is 0.211. The molecule has 1 heterocycles. The van der Waals surface area contributed by atoms with E-state index in [1.807, 2.05) is 6.92 Å². The zero-order chi connectivity index (χ0) is 9.14. The number of amides is 1. The molecule has 0 fully saturated rings. The van der Waals surface area contributed by atoms with Crippen LogP contribution >= 0.6 is 15.9 Å². The number of aryl methyl sites for hydroxylation is 1. The van der Waals surface area contributed by atoms with E-state index in [1.165, 1.54) is 0 Å². The molecule has 0 radical (unpaired) electrons. The zero-order valence-corrected chi connectivity index (χ0v) is 7.96. The highest BCUT2D eigenvalue weighted by Gasteiger charge is 2.01. The van der Waals surface area contributed by atoms with Crippen molar-refractivity contribution in [3.63, 3.8) is 0 Å². The van der Waals surface area contributed by atoms with Crippen LogP contribution in [0.5, 0.6) is 5.88 Å². The van der Waals surface area contributed by atoms with Crippen molar-refractivity contribution in [2.24, 2.45) is 5.73 Å². The fraction of sp³-hybridized carbons (Fsp3) is 0.143. The van der Waals surface area contributed by atoms with E-state index in [-0.39, 0.29) is 5.88 Å². The van der Waals surface area contributed by atoms with Crippen LogP contribution in [0.2, 0.25) is 0 Å². The second-order valence-corrected chi connectivity index (χ2v) is 3.05.